The smallest absolute Gasteiger partial charge is 0.273 e. The fourth-order valence-electron chi connectivity index (χ4n) is 2.23. The third-order valence-corrected chi connectivity index (χ3v) is 3.42. The highest BCUT2D eigenvalue weighted by atomic mass is 16.5. The van der Waals surface area contributed by atoms with E-state index in [2.05, 4.69) is 27.5 Å². The lowest BCUT2D eigenvalue weighted by molar-refractivity contribution is 0.0913. The number of aromatic nitrogens is 3. The lowest BCUT2D eigenvalue weighted by Crippen LogP contribution is -2.29. The molecule has 1 aliphatic rings. The number of nitrogens with zero attached hydrogens (tertiary/aromatic N) is 3. The Morgan fingerprint density at radius 2 is 2.33 bits per heavy atom. The molecular formula is C14H23N5O2. The first-order valence-electron chi connectivity index (χ1n) is 7.40. The van der Waals surface area contributed by atoms with Crippen molar-refractivity contribution in [3.63, 3.8) is 0 Å². The molecular weight excluding hydrogens is 270 g/mol. The van der Waals surface area contributed by atoms with Gasteiger partial charge in [0.15, 0.2) is 5.69 Å². The Morgan fingerprint density at radius 3 is 3.10 bits per heavy atom. The minimum atomic E-state index is -0.206. The molecule has 7 heteroatoms. The zero-order valence-corrected chi connectivity index (χ0v) is 12.3. The largest absolute Gasteiger partial charge is 0.379 e. The molecule has 2 rings (SSSR count). The first-order valence-corrected chi connectivity index (χ1v) is 7.40. The van der Waals surface area contributed by atoms with Gasteiger partial charge < -0.3 is 15.4 Å². The Labute approximate surface area is 124 Å². The second-order valence-electron chi connectivity index (χ2n) is 5.01. The summed E-state index contributed by atoms with van der Waals surface area (Å²) in [5.41, 5.74) is 0.361. The van der Waals surface area contributed by atoms with Gasteiger partial charge in [0.05, 0.1) is 25.5 Å². The van der Waals surface area contributed by atoms with Gasteiger partial charge in [0.1, 0.15) is 0 Å². The predicted molar refractivity (Wildman–Crippen MR) is 79.1 cm³/mol. The van der Waals surface area contributed by atoms with Gasteiger partial charge in [-0.25, -0.2) is 4.68 Å². The minimum absolute atomic E-state index is 0.206. The average Bonchev–Trinajstić information content (AvgIpc) is 3.01. The summed E-state index contributed by atoms with van der Waals surface area (Å²) in [6, 6.07) is 0.336. The van der Waals surface area contributed by atoms with Gasteiger partial charge in [0, 0.05) is 6.54 Å². The number of rotatable bonds is 8. The van der Waals surface area contributed by atoms with Gasteiger partial charge in [-0.1, -0.05) is 11.3 Å². The quantitative estimate of drug-likeness (QED) is 0.539. The van der Waals surface area contributed by atoms with Crippen LogP contribution in [0.5, 0.6) is 0 Å². The topological polar surface area (TPSA) is 81.1 Å². The van der Waals surface area contributed by atoms with Gasteiger partial charge in [-0.3, -0.25) is 4.79 Å². The molecule has 0 saturated carbocycles. The number of piperidine rings is 1. The second kappa shape index (κ2) is 8.53. The molecule has 0 aliphatic carbocycles. The van der Waals surface area contributed by atoms with Crippen molar-refractivity contribution in [2.45, 2.75) is 25.3 Å². The van der Waals surface area contributed by atoms with Crippen LogP contribution in [0.2, 0.25) is 0 Å². The maximum Gasteiger partial charge on any atom is 0.273 e. The molecule has 7 nitrogen and oxygen atoms in total. The van der Waals surface area contributed by atoms with Crippen molar-refractivity contribution in [2.24, 2.45) is 0 Å². The molecule has 0 unspecified atom stereocenters. The number of hydrogen-bond donors (Lipinski definition) is 2. The Bertz CT molecular complexity index is 454. The van der Waals surface area contributed by atoms with Gasteiger partial charge >= 0.3 is 0 Å². The first kappa shape index (κ1) is 15.7. The number of carbonyl (C=O) groups excluding carboxylic acids is 1. The molecule has 116 valence electrons. The van der Waals surface area contributed by atoms with Crippen LogP contribution in [0.4, 0.5) is 0 Å². The molecule has 0 radical (unpaired) electrons. The summed E-state index contributed by atoms with van der Waals surface area (Å²) >= 11 is 0. The van der Waals surface area contributed by atoms with Crippen LogP contribution in [0, 0.1) is 0 Å². The molecule has 0 aromatic carbocycles. The van der Waals surface area contributed by atoms with E-state index >= 15 is 0 Å². The third-order valence-electron chi connectivity index (χ3n) is 3.42. The van der Waals surface area contributed by atoms with E-state index in [0.717, 1.165) is 32.4 Å². The second-order valence-corrected chi connectivity index (χ2v) is 5.01. The predicted octanol–water partition coefficient (Wildman–Crippen LogP) is 0.525. The molecule has 1 aromatic rings. The van der Waals surface area contributed by atoms with Crippen molar-refractivity contribution < 1.29 is 9.53 Å². The van der Waals surface area contributed by atoms with Gasteiger partial charge in [0.2, 0.25) is 0 Å². The zero-order valence-electron chi connectivity index (χ0n) is 12.3. The monoisotopic (exact) mass is 293 g/mol. The highest BCUT2D eigenvalue weighted by Gasteiger charge is 2.18. The van der Waals surface area contributed by atoms with Crippen LogP contribution in [-0.2, 0) is 4.74 Å². The van der Waals surface area contributed by atoms with Crippen molar-refractivity contribution in [1.82, 2.24) is 25.6 Å². The van der Waals surface area contributed by atoms with Crippen LogP contribution in [0.15, 0.2) is 18.9 Å². The number of nitrogens with one attached hydrogen (secondary N) is 2. The lowest BCUT2D eigenvalue weighted by atomic mass is 10.1. The van der Waals surface area contributed by atoms with E-state index in [9.17, 15) is 4.79 Å². The first-order chi connectivity index (χ1) is 10.3. The van der Waals surface area contributed by atoms with E-state index in [4.69, 9.17) is 4.74 Å². The van der Waals surface area contributed by atoms with Crippen LogP contribution in [0.25, 0.3) is 0 Å². The maximum absolute atomic E-state index is 11.9. The lowest BCUT2D eigenvalue weighted by Gasteiger charge is -2.22. The molecule has 1 fully saturated rings. The summed E-state index contributed by atoms with van der Waals surface area (Å²) in [4.78, 5) is 11.9. The summed E-state index contributed by atoms with van der Waals surface area (Å²) in [6.07, 6.45) is 6.38. The Balaban J connectivity index is 1.72. The Kier molecular flexibility index (Phi) is 6.36. The van der Waals surface area contributed by atoms with Crippen LogP contribution in [0.3, 0.4) is 0 Å². The summed E-state index contributed by atoms with van der Waals surface area (Å²) in [5.74, 6) is -0.206. The van der Waals surface area contributed by atoms with Crippen molar-refractivity contribution in [2.75, 3.05) is 32.8 Å². The number of ether oxygens (including phenoxy) is 1. The number of amides is 1. The molecule has 0 spiro atoms. The van der Waals surface area contributed by atoms with Crippen LogP contribution in [0.1, 0.15) is 35.8 Å². The van der Waals surface area contributed by atoms with E-state index in [1.165, 1.54) is 0 Å². The Morgan fingerprint density at radius 1 is 1.52 bits per heavy atom. The molecule has 1 aliphatic heterocycles. The normalized spacial score (nSPS) is 15.8. The highest BCUT2D eigenvalue weighted by molar-refractivity contribution is 5.91. The fourth-order valence-corrected chi connectivity index (χ4v) is 2.23. The zero-order chi connectivity index (χ0) is 14.9. The van der Waals surface area contributed by atoms with E-state index in [1.54, 1.807) is 17.0 Å². The van der Waals surface area contributed by atoms with Crippen molar-refractivity contribution in [3.8, 4) is 0 Å². The van der Waals surface area contributed by atoms with Crippen molar-refractivity contribution >= 4 is 5.91 Å². The van der Waals surface area contributed by atoms with E-state index in [0.29, 0.717) is 31.5 Å². The Hall–Kier alpha value is -1.73. The summed E-state index contributed by atoms with van der Waals surface area (Å²) in [5, 5.41) is 14.1. The van der Waals surface area contributed by atoms with Gasteiger partial charge in [0.25, 0.3) is 5.91 Å². The molecule has 21 heavy (non-hydrogen) atoms. The van der Waals surface area contributed by atoms with Crippen molar-refractivity contribution in [3.05, 3.63) is 24.5 Å². The van der Waals surface area contributed by atoms with Crippen LogP contribution >= 0.6 is 0 Å². The highest BCUT2D eigenvalue weighted by Crippen LogP contribution is 2.16. The molecule has 2 heterocycles. The fraction of sp³-hybridized carbons (Fsp3) is 0.643. The van der Waals surface area contributed by atoms with E-state index in [1.807, 2.05) is 0 Å². The summed E-state index contributed by atoms with van der Waals surface area (Å²) in [6.45, 7) is 7.16. The molecule has 1 saturated heterocycles. The van der Waals surface area contributed by atoms with Crippen LogP contribution in [-0.4, -0.2) is 53.7 Å². The molecule has 1 amide bonds. The summed E-state index contributed by atoms with van der Waals surface area (Å²) < 4.78 is 7.13. The molecule has 2 N–H and O–H groups in total. The maximum atomic E-state index is 11.9. The molecule has 1 aromatic heterocycles. The number of hydrogen-bond acceptors (Lipinski definition) is 5. The molecule has 0 atom stereocenters. The standard InChI is InChI=1S/C14H23N5O2/c1-2-3-9-21-10-8-16-14(20)13-11-19(18-17-13)12-4-6-15-7-5-12/h2,11-12,15H,1,3-10H2,(H,16,20). The number of carbonyl (C=O) groups is 1. The van der Waals surface area contributed by atoms with Gasteiger partial charge in [-0.05, 0) is 32.4 Å². The SMILES string of the molecule is C=CCCOCCNC(=O)c1cn(C2CCNCC2)nn1. The summed E-state index contributed by atoms with van der Waals surface area (Å²) in [7, 11) is 0. The van der Waals surface area contributed by atoms with E-state index < -0.39 is 0 Å². The third kappa shape index (κ3) is 4.95. The minimum Gasteiger partial charge on any atom is -0.379 e. The van der Waals surface area contributed by atoms with Crippen molar-refractivity contribution in [1.29, 1.82) is 0 Å². The average molecular weight is 293 g/mol. The van der Waals surface area contributed by atoms with Gasteiger partial charge in [-0.15, -0.1) is 11.7 Å². The van der Waals surface area contributed by atoms with Crippen LogP contribution < -0.4 is 10.6 Å². The van der Waals surface area contributed by atoms with Gasteiger partial charge in [-0.2, -0.15) is 0 Å². The molecule has 0 bridgehead atoms. The van der Waals surface area contributed by atoms with E-state index in [-0.39, 0.29) is 5.91 Å².